The molecule has 1 aromatic heterocycles. The molecule has 1 fully saturated rings. The van der Waals surface area contributed by atoms with Gasteiger partial charge in [0.15, 0.2) is 0 Å². The quantitative estimate of drug-likeness (QED) is 0.851. The van der Waals surface area contributed by atoms with Crippen LogP contribution in [0.15, 0.2) is 42.6 Å². The molecule has 1 N–H and O–H groups in total. The lowest BCUT2D eigenvalue weighted by Crippen LogP contribution is -2.39. The highest BCUT2D eigenvalue weighted by Crippen LogP contribution is 2.30. The largest absolute Gasteiger partial charge is 0.474 e. The Kier molecular flexibility index (Phi) is 5.68. The maximum Gasteiger partial charge on any atom is 0.417 e. The summed E-state index contributed by atoms with van der Waals surface area (Å²) in [6.07, 6.45) is -0.807. The number of rotatable bonds is 4. The lowest BCUT2D eigenvalue weighted by atomic mass is 9.92. The van der Waals surface area contributed by atoms with Crippen molar-refractivity contribution in [3.8, 4) is 5.88 Å². The Labute approximate surface area is 155 Å². The summed E-state index contributed by atoms with van der Waals surface area (Å²) < 4.78 is 43.3. The van der Waals surface area contributed by atoms with Gasteiger partial charge in [0, 0.05) is 23.9 Å². The van der Waals surface area contributed by atoms with Crippen molar-refractivity contribution >= 4 is 5.91 Å². The van der Waals surface area contributed by atoms with E-state index in [0.717, 1.165) is 30.7 Å². The molecule has 1 amide bonds. The molecule has 1 saturated carbocycles. The van der Waals surface area contributed by atoms with Gasteiger partial charge >= 0.3 is 6.18 Å². The van der Waals surface area contributed by atoms with E-state index in [-0.39, 0.29) is 23.9 Å². The molecule has 0 radical (unpaired) electrons. The van der Waals surface area contributed by atoms with E-state index in [2.05, 4.69) is 10.3 Å². The number of nitrogens with zero attached hydrogens (tertiary/aromatic N) is 1. The number of aromatic nitrogens is 1. The summed E-state index contributed by atoms with van der Waals surface area (Å²) in [5.74, 6) is 0.0962. The first kappa shape index (κ1) is 19.2. The first-order valence-corrected chi connectivity index (χ1v) is 8.89. The van der Waals surface area contributed by atoms with Gasteiger partial charge in [-0.25, -0.2) is 4.98 Å². The van der Waals surface area contributed by atoms with Gasteiger partial charge in [-0.05, 0) is 50.8 Å². The van der Waals surface area contributed by atoms with Crippen LogP contribution >= 0.6 is 0 Å². The van der Waals surface area contributed by atoms with Gasteiger partial charge < -0.3 is 10.1 Å². The van der Waals surface area contributed by atoms with Gasteiger partial charge in [-0.2, -0.15) is 13.2 Å². The molecule has 1 aromatic carbocycles. The molecule has 27 heavy (non-hydrogen) atoms. The van der Waals surface area contributed by atoms with E-state index in [1.54, 1.807) is 12.1 Å². The Morgan fingerprint density at radius 3 is 2.30 bits per heavy atom. The molecular weight excluding hydrogens is 357 g/mol. The van der Waals surface area contributed by atoms with Crippen molar-refractivity contribution in [1.29, 1.82) is 0 Å². The Hall–Kier alpha value is -2.57. The van der Waals surface area contributed by atoms with E-state index < -0.39 is 11.7 Å². The fraction of sp³-hybridized carbons (Fsp3) is 0.400. The van der Waals surface area contributed by atoms with Gasteiger partial charge in [-0.3, -0.25) is 4.79 Å². The number of ether oxygens (including phenoxy) is 1. The summed E-state index contributed by atoms with van der Waals surface area (Å²) in [4.78, 5) is 16.0. The standard InChI is InChI=1S/C20H21F3N2O2/c1-13-2-4-14(5-3-13)19(26)25-16-7-9-17(10-8-16)27-18-11-6-15(12-24-18)20(21,22)23/h2-6,11-12,16-17H,7-10H2,1H3,(H,25,26). The number of alkyl halides is 3. The predicted octanol–water partition coefficient (Wildman–Crippen LogP) is 4.53. The second-order valence-corrected chi connectivity index (χ2v) is 6.81. The van der Waals surface area contributed by atoms with E-state index in [1.165, 1.54) is 6.07 Å². The van der Waals surface area contributed by atoms with Gasteiger partial charge in [-0.1, -0.05) is 17.7 Å². The summed E-state index contributed by atoms with van der Waals surface area (Å²) in [6, 6.07) is 9.68. The Bertz CT molecular complexity index is 765. The van der Waals surface area contributed by atoms with Crippen LogP contribution < -0.4 is 10.1 Å². The Morgan fingerprint density at radius 2 is 1.74 bits per heavy atom. The summed E-state index contributed by atoms with van der Waals surface area (Å²) in [7, 11) is 0. The van der Waals surface area contributed by atoms with Crippen LogP contribution in [0.2, 0.25) is 0 Å². The van der Waals surface area contributed by atoms with Crippen LogP contribution in [0.3, 0.4) is 0 Å². The highest BCUT2D eigenvalue weighted by atomic mass is 19.4. The Balaban J connectivity index is 1.47. The van der Waals surface area contributed by atoms with Crippen LogP contribution in [0.5, 0.6) is 5.88 Å². The van der Waals surface area contributed by atoms with Gasteiger partial charge in [0.2, 0.25) is 5.88 Å². The van der Waals surface area contributed by atoms with Crippen molar-refractivity contribution in [2.45, 2.75) is 50.9 Å². The average Bonchev–Trinajstić information content (AvgIpc) is 2.63. The molecule has 2 aromatic rings. The number of carbonyl (C=O) groups excluding carboxylic acids is 1. The van der Waals surface area contributed by atoms with Crippen LogP contribution in [0.25, 0.3) is 0 Å². The van der Waals surface area contributed by atoms with E-state index in [1.807, 2.05) is 19.1 Å². The van der Waals surface area contributed by atoms with Gasteiger partial charge in [0.25, 0.3) is 5.91 Å². The third-order valence-corrected chi connectivity index (χ3v) is 4.67. The number of aryl methyl sites for hydroxylation is 1. The lowest BCUT2D eigenvalue weighted by molar-refractivity contribution is -0.137. The number of halogens is 3. The molecule has 144 valence electrons. The monoisotopic (exact) mass is 378 g/mol. The van der Waals surface area contributed by atoms with Gasteiger partial charge in [0.05, 0.1) is 5.56 Å². The van der Waals surface area contributed by atoms with Crippen LogP contribution in [0.1, 0.15) is 47.2 Å². The number of hydrogen-bond donors (Lipinski definition) is 1. The molecule has 0 bridgehead atoms. The average molecular weight is 378 g/mol. The fourth-order valence-corrected chi connectivity index (χ4v) is 3.09. The van der Waals surface area contributed by atoms with Crippen molar-refractivity contribution in [3.63, 3.8) is 0 Å². The van der Waals surface area contributed by atoms with Crippen LogP contribution in [-0.2, 0) is 6.18 Å². The number of benzene rings is 1. The summed E-state index contributed by atoms with van der Waals surface area (Å²) in [5.41, 5.74) is 0.936. The summed E-state index contributed by atoms with van der Waals surface area (Å²) in [6.45, 7) is 1.97. The van der Waals surface area contributed by atoms with Crippen molar-refractivity contribution in [3.05, 3.63) is 59.3 Å². The number of amides is 1. The molecule has 1 aliphatic rings. The number of nitrogens with one attached hydrogen (secondary N) is 1. The number of hydrogen-bond acceptors (Lipinski definition) is 3. The van der Waals surface area contributed by atoms with Gasteiger partial charge in [0.1, 0.15) is 6.10 Å². The molecule has 4 nitrogen and oxygen atoms in total. The third kappa shape index (κ3) is 5.21. The molecule has 3 rings (SSSR count). The second kappa shape index (κ2) is 7.98. The zero-order valence-corrected chi connectivity index (χ0v) is 14.9. The zero-order valence-electron chi connectivity index (χ0n) is 14.9. The third-order valence-electron chi connectivity index (χ3n) is 4.67. The van der Waals surface area contributed by atoms with Crippen molar-refractivity contribution < 1.29 is 22.7 Å². The highest BCUT2D eigenvalue weighted by molar-refractivity contribution is 5.94. The van der Waals surface area contributed by atoms with Crippen LogP contribution in [0, 0.1) is 6.92 Å². The molecule has 0 atom stereocenters. The molecule has 1 aliphatic carbocycles. The number of carbonyl (C=O) groups is 1. The Morgan fingerprint density at radius 1 is 1.07 bits per heavy atom. The molecule has 7 heteroatoms. The fourth-order valence-electron chi connectivity index (χ4n) is 3.09. The topological polar surface area (TPSA) is 51.2 Å². The predicted molar refractivity (Wildman–Crippen MR) is 94.6 cm³/mol. The minimum Gasteiger partial charge on any atom is -0.474 e. The van der Waals surface area contributed by atoms with E-state index >= 15 is 0 Å². The highest BCUT2D eigenvalue weighted by Gasteiger charge is 2.31. The van der Waals surface area contributed by atoms with Crippen LogP contribution in [0.4, 0.5) is 13.2 Å². The first-order chi connectivity index (χ1) is 12.8. The van der Waals surface area contributed by atoms with Crippen molar-refractivity contribution in [1.82, 2.24) is 10.3 Å². The maximum absolute atomic E-state index is 12.6. The van der Waals surface area contributed by atoms with E-state index in [4.69, 9.17) is 4.74 Å². The number of pyridine rings is 1. The zero-order chi connectivity index (χ0) is 19.4. The molecule has 0 saturated heterocycles. The minimum atomic E-state index is -4.40. The molecule has 1 heterocycles. The van der Waals surface area contributed by atoms with Crippen molar-refractivity contribution in [2.75, 3.05) is 0 Å². The smallest absolute Gasteiger partial charge is 0.417 e. The van der Waals surface area contributed by atoms with E-state index in [9.17, 15) is 18.0 Å². The SMILES string of the molecule is Cc1ccc(C(=O)NC2CCC(Oc3ccc(C(F)(F)F)cn3)CC2)cc1. The molecular formula is C20H21F3N2O2. The second-order valence-electron chi connectivity index (χ2n) is 6.81. The lowest BCUT2D eigenvalue weighted by Gasteiger charge is -2.29. The molecule has 0 spiro atoms. The van der Waals surface area contributed by atoms with Crippen LogP contribution in [-0.4, -0.2) is 23.0 Å². The van der Waals surface area contributed by atoms with Crippen molar-refractivity contribution in [2.24, 2.45) is 0 Å². The minimum absolute atomic E-state index is 0.0687. The molecule has 0 aliphatic heterocycles. The molecule has 0 unspecified atom stereocenters. The maximum atomic E-state index is 12.6. The first-order valence-electron chi connectivity index (χ1n) is 8.89. The van der Waals surface area contributed by atoms with E-state index in [0.29, 0.717) is 18.4 Å². The summed E-state index contributed by atoms with van der Waals surface area (Å²) in [5, 5.41) is 3.03. The van der Waals surface area contributed by atoms with Gasteiger partial charge in [-0.15, -0.1) is 0 Å². The normalized spacial score (nSPS) is 20.1. The summed E-state index contributed by atoms with van der Waals surface area (Å²) >= 11 is 0.